The number of carbonyl (C=O) groups is 1. The molecule has 7 heteroatoms. The smallest absolute Gasteiger partial charge is 0.223 e. The summed E-state index contributed by atoms with van der Waals surface area (Å²) in [5.74, 6) is 2.02. The van der Waals surface area contributed by atoms with Crippen molar-refractivity contribution in [2.75, 3.05) is 62.3 Å². The van der Waals surface area contributed by atoms with Crippen LogP contribution in [-0.4, -0.2) is 73.5 Å². The Kier molecular flexibility index (Phi) is 6.24. The Balaban J connectivity index is 1.26. The highest BCUT2D eigenvalue weighted by molar-refractivity contribution is 5.76. The Morgan fingerprint density at radius 3 is 2.21 bits per heavy atom. The van der Waals surface area contributed by atoms with E-state index < -0.39 is 0 Å². The monoisotopic (exact) mass is 395 g/mol. The molecule has 1 amide bonds. The van der Waals surface area contributed by atoms with Gasteiger partial charge in [0, 0.05) is 45.7 Å². The van der Waals surface area contributed by atoms with Crippen molar-refractivity contribution in [3.63, 3.8) is 0 Å². The lowest BCUT2D eigenvalue weighted by Gasteiger charge is -2.35. The molecule has 0 spiro atoms. The van der Waals surface area contributed by atoms with Crippen molar-refractivity contribution in [1.29, 1.82) is 0 Å². The molecule has 0 atom stereocenters. The number of hydrogen-bond donors (Lipinski definition) is 0. The van der Waals surface area contributed by atoms with Crippen molar-refractivity contribution >= 4 is 17.5 Å². The molecule has 2 aliphatic rings. The maximum absolute atomic E-state index is 12.6. The Morgan fingerprint density at radius 1 is 0.931 bits per heavy atom. The maximum atomic E-state index is 12.6. The lowest BCUT2D eigenvalue weighted by molar-refractivity contribution is -0.131. The minimum absolute atomic E-state index is 0.236. The molecule has 3 heterocycles. The van der Waals surface area contributed by atoms with E-state index in [1.165, 1.54) is 11.1 Å². The molecule has 7 nitrogen and oxygen atoms in total. The van der Waals surface area contributed by atoms with Gasteiger partial charge in [-0.2, -0.15) is 0 Å². The van der Waals surface area contributed by atoms with Crippen molar-refractivity contribution in [2.45, 2.75) is 19.8 Å². The summed E-state index contributed by atoms with van der Waals surface area (Å²) in [5, 5.41) is 8.82. The van der Waals surface area contributed by atoms with Gasteiger partial charge in [0.05, 0.1) is 13.2 Å². The van der Waals surface area contributed by atoms with Crippen LogP contribution in [0, 0.1) is 6.92 Å². The quantitative estimate of drug-likeness (QED) is 0.771. The molecule has 0 radical (unpaired) electrons. The Hall–Kier alpha value is -2.67. The number of hydrogen-bond acceptors (Lipinski definition) is 6. The van der Waals surface area contributed by atoms with E-state index >= 15 is 0 Å². The van der Waals surface area contributed by atoms with E-state index in [9.17, 15) is 4.79 Å². The van der Waals surface area contributed by atoms with Gasteiger partial charge in [-0.25, -0.2) is 0 Å². The van der Waals surface area contributed by atoms with Gasteiger partial charge in [-0.15, -0.1) is 10.2 Å². The molecule has 2 aromatic rings. The maximum Gasteiger partial charge on any atom is 0.223 e. The summed E-state index contributed by atoms with van der Waals surface area (Å²) < 4.78 is 5.39. The van der Waals surface area contributed by atoms with Gasteiger partial charge in [-0.1, -0.05) is 29.8 Å². The first-order valence-electron chi connectivity index (χ1n) is 10.4. The van der Waals surface area contributed by atoms with E-state index in [0.29, 0.717) is 6.42 Å². The number of nitrogens with zero attached hydrogens (tertiary/aromatic N) is 5. The molecule has 2 aliphatic heterocycles. The zero-order valence-corrected chi connectivity index (χ0v) is 17.1. The van der Waals surface area contributed by atoms with E-state index in [4.69, 9.17) is 4.74 Å². The SMILES string of the molecule is Cc1cccc(CCC(=O)N2CCN(c3ccc(N4CCOCC4)nn3)CC2)c1. The lowest BCUT2D eigenvalue weighted by Crippen LogP contribution is -2.49. The normalized spacial score (nSPS) is 17.5. The number of aromatic nitrogens is 2. The number of piperazine rings is 1. The third-order valence-corrected chi connectivity index (χ3v) is 5.64. The van der Waals surface area contributed by atoms with E-state index in [1.807, 2.05) is 17.0 Å². The van der Waals surface area contributed by atoms with E-state index in [0.717, 1.165) is 70.5 Å². The van der Waals surface area contributed by atoms with Gasteiger partial charge in [0.2, 0.25) is 5.91 Å². The van der Waals surface area contributed by atoms with Gasteiger partial charge in [-0.05, 0) is 31.0 Å². The van der Waals surface area contributed by atoms with E-state index in [2.05, 4.69) is 51.2 Å². The van der Waals surface area contributed by atoms with Crippen molar-refractivity contribution in [2.24, 2.45) is 0 Å². The minimum Gasteiger partial charge on any atom is -0.378 e. The second kappa shape index (κ2) is 9.22. The first-order valence-corrected chi connectivity index (χ1v) is 10.4. The van der Waals surface area contributed by atoms with Crippen molar-refractivity contribution in [1.82, 2.24) is 15.1 Å². The minimum atomic E-state index is 0.236. The highest BCUT2D eigenvalue weighted by Crippen LogP contribution is 2.18. The first kappa shape index (κ1) is 19.6. The second-order valence-electron chi connectivity index (χ2n) is 7.71. The number of amides is 1. The molecule has 0 saturated carbocycles. The van der Waals surface area contributed by atoms with Crippen LogP contribution < -0.4 is 9.80 Å². The van der Waals surface area contributed by atoms with Crippen LogP contribution in [0.2, 0.25) is 0 Å². The van der Waals surface area contributed by atoms with Crippen LogP contribution in [0.5, 0.6) is 0 Å². The number of aryl methyl sites for hydroxylation is 2. The lowest BCUT2D eigenvalue weighted by atomic mass is 10.1. The number of anilines is 2. The van der Waals surface area contributed by atoms with Gasteiger partial charge in [-0.3, -0.25) is 4.79 Å². The zero-order valence-electron chi connectivity index (χ0n) is 17.1. The first-order chi connectivity index (χ1) is 14.2. The van der Waals surface area contributed by atoms with Crippen molar-refractivity contribution < 1.29 is 9.53 Å². The highest BCUT2D eigenvalue weighted by Gasteiger charge is 2.22. The van der Waals surface area contributed by atoms with Crippen LogP contribution in [0.1, 0.15) is 17.5 Å². The van der Waals surface area contributed by atoms with Crippen LogP contribution >= 0.6 is 0 Å². The van der Waals surface area contributed by atoms with Gasteiger partial charge in [0.1, 0.15) is 0 Å². The topological polar surface area (TPSA) is 61.8 Å². The molecule has 1 aromatic heterocycles. The molecule has 4 rings (SSSR count). The average molecular weight is 396 g/mol. The number of carbonyl (C=O) groups excluding carboxylic acids is 1. The Bertz CT molecular complexity index is 812. The van der Waals surface area contributed by atoms with Crippen LogP contribution in [0.25, 0.3) is 0 Å². The predicted octanol–water partition coefficient (Wildman–Crippen LogP) is 1.90. The standard InChI is InChI=1S/C22H29N5O2/c1-18-3-2-4-19(17-18)5-8-22(28)27-11-9-25(10-12-27)20-6-7-21(24-23-20)26-13-15-29-16-14-26/h2-4,6-7,17H,5,8-16H2,1H3. The molecule has 0 aliphatic carbocycles. The summed E-state index contributed by atoms with van der Waals surface area (Å²) in [5.41, 5.74) is 2.47. The van der Waals surface area contributed by atoms with Gasteiger partial charge in [0.25, 0.3) is 0 Å². The average Bonchev–Trinajstić information content (AvgIpc) is 2.78. The van der Waals surface area contributed by atoms with Crippen LogP contribution in [0.15, 0.2) is 36.4 Å². The summed E-state index contributed by atoms with van der Waals surface area (Å²) in [6.07, 6.45) is 1.37. The molecule has 2 saturated heterocycles. The molecule has 154 valence electrons. The molecular weight excluding hydrogens is 366 g/mol. The van der Waals surface area contributed by atoms with Gasteiger partial charge in [0.15, 0.2) is 11.6 Å². The Labute approximate surface area is 172 Å². The molecule has 2 fully saturated rings. The summed E-state index contributed by atoms with van der Waals surface area (Å²) in [6, 6.07) is 12.5. The fourth-order valence-corrected chi connectivity index (χ4v) is 3.91. The van der Waals surface area contributed by atoms with E-state index in [1.54, 1.807) is 0 Å². The molecule has 0 bridgehead atoms. The number of benzene rings is 1. The number of morpholine rings is 1. The third-order valence-electron chi connectivity index (χ3n) is 5.64. The van der Waals surface area contributed by atoms with Gasteiger partial charge >= 0.3 is 0 Å². The molecule has 29 heavy (non-hydrogen) atoms. The summed E-state index contributed by atoms with van der Waals surface area (Å²) in [7, 11) is 0. The van der Waals surface area contributed by atoms with Crippen LogP contribution in [-0.2, 0) is 16.0 Å². The second-order valence-corrected chi connectivity index (χ2v) is 7.71. The summed E-state index contributed by atoms with van der Waals surface area (Å²) >= 11 is 0. The van der Waals surface area contributed by atoms with Crippen LogP contribution in [0.3, 0.4) is 0 Å². The zero-order chi connectivity index (χ0) is 20.1. The Morgan fingerprint density at radius 2 is 1.59 bits per heavy atom. The molecule has 0 N–H and O–H groups in total. The molecular formula is C22H29N5O2. The molecule has 0 unspecified atom stereocenters. The van der Waals surface area contributed by atoms with E-state index in [-0.39, 0.29) is 5.91 Å². The largest absolute Gasteiger partial charge is 0.378 e. The van der Waals surface area contributed by atoms with Gasteiger partial charge < -0.3 is 19.4 Å². The van der Waals surface area contributed by atoms with Crippen molar-refractivity contribution in [3.05, 3.63) is 47.5 Å². The number of ether oxygens (including phenoxy) is 1. The van der Waals surface area contributed by atoms with Crippen LogP contribution in [0.4, 0.5) is 11.6 Å². The fraction of sp³-hybridized carbons (Fsp3) is 0.500. The van der Waals surface area contributed by atoms with Crippen molar-refractivity contribution in [3.8, 4) is 0 Å². The fourth-order valence-electron chi connectivity index (χ4n) is 3.91. The predicted molar refractivity (Wildman–Crippen MR) is 113 cm³/mol. The third kappa shape index (κ3) is 5.03. The summed E-state index contributed by atoms with van der Waals surface area (Å²) in [6.45, 7) is 8.34. The summed E-state index contributed by atoms with van der Waals surface area (Å²) in [4.78, 5) is 19.0. The number of rotatable bonds is 5. The molecule has 1 aromatic carbocycles. The highest BCUT2D eigenvalue weighted by atomic mass is 16.5.